The SMILES string of the molecule is [c]1nc(-c2[nH]cc3ccccc23)cc2ccccc12. The van der Waals surface area contributed by atoms with Gasteiger partial charge in [-0.05, 0) is 16.8 Å². The van der Waals surface area contributed by atoms with Crippen LogP contribution in [0.5, 0.6) is 0 Å². The Morgan fingerprint density at radius 2 is 1.68 bits per heavy atom. The van der Waals surface area contributed by atoms with Crippen LogP contribution in [-0.4, -0.2) is 9.97 Å². The molecule has 1 N–H and O–H groups in total. The molecule has 0 aliphatic heterocycles. The van der Waals surface area contributed by atoms with E-state index >= 15 is 0 Å². The summed E-state index contributed by atoms with van der Waals surface area (Å²) < 4.78 is 0. The van der Waals surface area contributed by atoms with Gasteiger partial charge in [-0.15, -0.1) is 0 Å². The molecule has 0 atom stereocenters. The van der Waals surface area contributed by atoms with E-state index in [0.717, 1.165) is 22.2 Å². The molecule has 1 radical (unpaired) electrons. The van der Waals surface area contributed by atoms with Crippen LogP contribution in [0.3, 0.4) is 0 Å². The summed E-state index contributed by atoms with van der Waals surface area (Å²) in [6.45, 7) is 0. The topological polar surface area (TPSA) is 28.7 Å². The van der Waals surface area contributed by atoms with Gasteiger partial charge >= 0.3 is 0 Å². The molecule has 0 aliphatic rings. The lowest BCUT2D eigenvalue weighted by Crippen LogP contribution is -1.85. The van der Waals surface area contributed by atoms with E-state index in [4.69, 9.17) is 0 Å². The van der Waals surface area contributed by atoms with Crippen LogP contribution in [0.25, 0.3) is 32.9 Å². The number of nitrogens with zero attached hydrogens (tertiary/aromatic N) is 1. The lowest BCUT2D eigenvalue weighted by Gasteiger charge is -2.01. The standard InChI is InChI=1S/C17H11N2/c1-2-6-13-10-18-16(9-12(13)5-1)17-15-8-4-3-7-14(15)11-19-17/h1-9,11,19H. The molecule has 2 aromatic carbocycles. The average Bonchev–Trinajstić information content (AvgIpc) is 2.91. The largest absolute Gasteiger partial charge is 0.359 e. The van der Waals surface area contributed by atoms with Gasteiger partial charge in [0.2, 0.25) is 0 Å². The first kappa shape index (κ1) is 10.3. The average molecular weight is 243 g/mol. The number of H-pyrrole nitrogens is 1. The van der Waals surface area contributed by atoms with Crippen LogP contribution in [0.1, 0.15) is 0 Å². The second-order valence-corrected chi connectivity index (χ2v) is 4.59. The second-order valence-electron chi connectivity index (χ2n) is 4.59. The van der Waals surface area contributed by atoms with Gasteiger partial charge in [-0.1, -0.05) is 48.5 Å². The maximum absolute atomic E-state index is 4.44. The highest BCUT2D eigenvalue weighted by Gasteiger charge is 2.07. The summed E-state index contributed by atoms with van der Waals surface area (Å²) in [7, 11) is 0. The number of fused-ring (bicyclic) bond motifs is 2. The van der Waals surface area contributed by atoms with Gasteiger partial charge in [0.1, 0.15) is 0 Å². The molecular formula is C17H11N2. The Balaban J connectivity index is 1.99. The van der Waals surface area contributed by atoms with Gasteiger partial charge in [0.25, 0.3) is 0 Å². The molecule has 0 unspecified atom stereocenters. The fraction of sp³-hybridized carbons (Fsp3) is 0. The van der Waals surface area contributed by atoms with Gasteiger partial charge in [-0.3, -0.25) is 0 Å². The van der Waals surface area contributed by atoms with E-state index in [1.807, 2.05) is 36.5 Å². The quantitative estimate of drug-likeness (QED) is 0.533. The molecule has 2 heteroatoms. The molecule has 0 saturated heterocycles. The van der Waals surface area contributed by atoms with Gasteiger partial charge < -0.3 is 4.98 Å². The number of hydrogen-bond acceptors (Lipinski definition) is 1. The summed E-state index contributed by atoms with van der Waals surface area (Å²) in [6, 6.07) is 18.5. The highest BCUT2D eigenvalue weighted by atomic mass is 14.8. The smallest absolute Gasteiger partial charge is 0.0979 e. The van der Waals surface area contributed by atoms with Crippen molar-refractivity contribution < 1.29 is 0 Å². The number of benzene rings is 2. The van der Waals surface area contributed by atoms with E-state index in [9.17, 15) is 0 Å². The van der Waals surface area contributed by atoms with Crippen LogP contribution < -0.4 is 0 Å². The Labute approximate surface area is 110 Å². The molecule has 0 saturated carbocycles. The van der Waals surface area contributed by atoms with Crippen molar-refractivity contribution in [2.24, 2.45) is 0 Å². The minimum Gasteiger partial charge on any atom is -0.359 e. The number of hydrogen-bond donors (Lipinski definition) is 1. The number of rotatable bonds is 1. The monoisotopic (exact) mass is 243 g/mol. The Hall–Kier alpha value is -2.61. The molecule has 0 spiro atoms. The molecule has 4 aromatic rings. The first-order chi connectivity index (χ1) is 9.42. The van der Waals surface area contributed by atoms with Gasteiger partial charge in [0.05, 0.1) is 17.6 Å². The molecule has 89 valence electrons. The van der Waals surface area contributed by atoms with E-state index in [2.05, 4.69) is 40.4 Å². The summed E-state index contributed by atoms with van der Waals surface area (Å²) in [6.07, 6.45) is 5.12. The fourth-order valence-corrected chi connectivity index (χ4v) is 2.44. The predicted molar refractivity (Wildman–Crippen MR) is 77.9 cm³/mol. The number of nitrogens with one attached hydrogen (secondary N) is 1. The summed E-state index contributed by atoms with van der Waals surface area (Å²) in [5.41, 5.74) is 1.98. The van der Waals surface area contributed by atoms with Crippen molar-refractivity contribution in [2.75, 3.05) is 0 Å². The number of pyridine rings is 1. The Morgan fingerprint density at radius 1 is 0.895 bits per heavy atom. The summed E-state index contributed by atoms with van der Waals surface area (Å²) in [5, 5.41) is 4.60. The molecule has 4 rings (SSSR count). The van der Waals surface area contributed by atoms with Crippen molar-refractivity contribution in [3.05, 3.63) is 67.0 Å². The molecule has 0 bridgehead atoms. The lowest BCUT2D eigenvalue weighted by atomic mass is 10.1. The maximum atomic E-state index is 4.44. The third-order valence-corrected chi connectivity index (χ3v) is 3.41. The molecular weight excluding hydrogens is 232 g/mol. The Bertz CT molecular complexity index is 874. The van der Waals surface area contributed by atoms with Crippen molar-refractivity contribution in [1.29, 1.82) is 0 Å². The van der Waals surface area contributed by atoms with E-state index < -0.39 is 0 Å². The zero-order chi connectivity index (χ0) is 12.7. The van der Waals surface area contributed by atoms with Crippen LogP contribution in [-0.2, 0) is 0 Å². The minimum atomic E-state index is 0.930. The zero-order valence-corrected chi connectivity index (χ0v) is 10.2. The molecule has 2 aromatic heterocycles. The molecule has 0 fully saturated rings. The lowest BCUT2D eigenvalue weighted by molar-refractivity contribution is 1.30. The van der Waals surface area contributed by atoms with Gasteiger partial charge in [-0.25, -0.2) is 4.98 Å². The summed E-state index contributed by atoms with van der Waals surface area (Å²) in [5.74, 6) is 0. The first-order valence-electron chi connectivity index (χ1n) is 6.26. The number of aromatic nitrogens is 2. The van der Waals surface area contributed by atoms with Crippen molar-refractivity contribution in [2.45, 2.75) is 0 Å². The van der Waals surface area contributed by atoms with Crippen molar-refractivity contribution >= 4 is 21.5 Å². The van der Waals surface area contributed by atoms with Gasteiger partial charge in [-0.2, -0.15) is 0 Å². The maximum Gasteiger partial charge on any atom is 0.0979 e. The third kappa shape index (κ3) is 1.61. The van der Waals surface area contributed by atoms with E-state index in [-0.39, 0.29) is 0 Å². The van der Waals surface area contributed by atoms with Crippen molar-refractivity contribution in [1.82, 2.24) is 9.97 Å². The van der Waals surface area contributed by atoms with Crippen LogP contribution in [0.15, 0.2) is 60.8 Å². The van der Waals surface area contributed by atoms with E-state index in [1.165, 1.54) is 10.8 Å². The van der Waals surface area contributed by atoms with E-state index in [1.54, 1.807) is 0 Å². The Morgan fingerprint density at radius 3 is 2.63 bits per heavy atom. The summed E-state index contributed by atoms with van der Waals surface area (Å²) >= 11 is 0. The van der Waals surface area contributed by atoms with E-state index in [0.29, 0.717) is 0 Å². The van der Waals surface area contributed by atoms with Crippen LogP contribution in [0.4, 0.5) is 0 Å². The van der Waals surface area contributed by atoms with Crippen molar-refractivity contribution in [3.8, 4) is 11.4 Å². The third-order valence-electron chi connectivity index (χ3n) is 3.41. The highest BCUT2D eigenvalue weighted by Crippen LogP contribution is 2.27. The minimum absolute atomic E-state index is 0.930. The van der Waals surface area contributed by atoms with Gasteiger partial charge in [0, 0.05) is 17.0 Å². The second kappa shape index (κ2) is 3.95. The van der Waals surface area contributed by atoms with Crippen LogP contribution in [0.2, 0.25) is 0 Å². The Kier molecular flexibility index (Phi) is 2.15. The van der Waals surface area contributed by atoms with Crippen LogP contribution in [0, 0.1) is 6.20 Å². The summed E-state index contributed by atoms with van der Waals surface area (Å²) in [4.78, 5) is 7.76. The number of aromatic amines is 1. The van der Waals surface area contributed by atoms with Crippen molar-refractivity contribution in [3.63, 3.8) is 0 Å². The molecule has 0 aliphatic carbocycles. The zero-order valence-electron chi connectivity index (χ0n) is 10.2. The first-order valence-corrected chi connectivity index (χ1v) is 6.26. The van der Waals surface area contributed by atoms with Gasteiger partial charge in [0.15, 0.2) is 0 Å². The van der Waals surface area contributed by atoms with Crippen LogP contribution >= 0.6 is 0 Å². The molecule has 0 amide bonds. The molecule has 2 heterocycles. The fourth-order valence-electron chi connectivity index (χ4n) is 2.44. The normalized spacial score (nSPS) is 11.2. The molecule has 2 nitrogen and oxygen atoms in total. The predicted octanol–water partition coefficient (Wildman–Crippen LogP) is 4.18. The molecule has 19 heavy (non-hydrogen) atoms. The highest BCUT2D eigenvalue weighted by molar-refractivity contribution is 5.96.